The largest absolute Gasteiger partial charge is 0.273 e. The van der Waals surface area contributed by atoms with Gasteiger partial charge in [0.1, 0.15) is 0 Å². The van der Waals surface area contributed by atoms with Crippen LogP contribution in [0.3, 0.4) is 0 Å². The summed E-state index contributed by atoms with van der Waals surface area (Å²) < 4.78 is 0. The van der Waals surface area contributed by atoms with Gasteiger partial charge in [-0.3, -0.25) is 4.79 Å². The topological polar surface area (TPSA) is 41.5 Å². The summed E-state index contributed by atoms with van der Waals surface area (Å²) in [6.45, 7) is 8.26. The van der Waals surface area contributed by atoms with Gasteiger partial charge in [0.05, 0.1) is 5.71 Å². The Morgan fingerprint density at radius 2 is 1.86 bits per heavy atom. The zero-order valence-electron chi connectivity index (χ0n) is 13.8. The monoisotopic (exact) mass is 288 g/mol. The Labute approximate surface area is 128 Å². The first-order valence-electron chi connectivity index (χ1n) is 7.95. The zero-order valence-corrected chi connectivity index (χ0v) is 13.8. The molecule has 0 aliphatic carbocycles. The normalized spacial score (nSPS) is 11.5. The number of benzene rings is 1. The molecule has 1 aromatic carbocycles. The number of aryl methyl sites for hydroxylation is 2. The first kappa shape index (κ1) is 17.4. The Kier molecular flexibility index (Phi) is 7.73. The second-order valence-electron chi connectivity index (χ2n) is 5.71. The van der Waals surface area contributed by atoms with Crippen LogP contribution >= 0.6 is 0 Å². The molecule has 0 bridgehead atoms. The summed E-state index contributed by atoms with van der Waals surface area (Å²) >= 11 is 0. The molecule has 0 fully saturated rings. The van der Waals surface area contributed by atoms with Crippen LogP contribution in [0.5, 0.6) is 0 Å². The van der Waals surface area contributed by atoms with Crippen molar-refractivity contribution >= 4 is 11.6 Å². The lowest BCUT2D eigenvalue weighted by Gasteiger charge is -2.07. The van der Waals surface area contributed by atoms with Gasteiger partial charge in [0.25, 0.3) is 0 Å². The molecule has 0 unspecified atom stereocenters. The van der Waals surface area contributed by atoms with Crippen LogP contribution in [0.4, 0.5) is 0 Å². The maximum Gasteiger partial charge on any atom is 0.240 e. The molecule has 1 rings (SSSR count). The van der Waals surface area contributed by atoms with Gasteiger partial charge in [0.2, 0.25) is 5.91 Å². The Morgan fingerprint density at radius 3 is 2.52 bits per heavy atom. The quantitative estimate of drug-likeness (QED) is 0.427. The minimum Gasteiger partial charge on any atom is -0.273 e. The molecule has 1 N–H and O–H groups in total. The molecule has 1 amide bonds. The van der Waals surface area contributed by atoms with E-state index in [0.717, 1.165) is 24.1 Å². The van der Waals surface area contributed by atoms with Crippen LogP contribution in [0.1, 0.15) is 69.1 Å². The standard InChI is InChI=1S/C18H28N2O/c1-5-6-7-8-9-10-18(21)20-19-16(4)17-12-11-14(2)13-15(17)3/h11-13H,5-10H2,1-4H3,(H,20,21)/b19-16-. The smallest absolute Gasteiger partial charge is 0.240 e. The summed E-state index contributed by atoms with van der Waals surface area (Å²) in [5.41, 5.74) is 7.02. The molecular weight excluding hydrogens is 260 g/mol. The first-order chi connectivity index (χ1) is 10.0. The lowest BCUT2D eigenvalue weighted by molar-refractivity contribution is -0.121. The van der Waals surface area contributed by atoms with Crippen LogP contribution in [0.2, 0.25) is 0 Å². The number of nitrogens with zero attached hydrogens (tertiary/aromatic N) is 1. The number of carbonyl (C=O) groups is 1. The molecule has 0 atom stereocenters. The molecule has 0 aliphatic heterocycles. The van der Waals surface area contributed by atoms with Gasteiger partial charge in [-0.1, -0.05) is 56.4 Å². The van der Waals surface area contributed by atoms with Crippen molar-refractivity contribution in [2.45, 2.75) is 66.2 Å². The lowest BCUT2D eigenvalue weighted by Crippen LogP contribution is -2.19. The second kappa shape index (κ2) is 9.32. The van der Waals surface area contributed by atoms with E-state index < -0.39 is 0 Å². The van der Waals surface area contributed by atoms with Crippen molar-refractivity contribution in [3.8, 4) is 0 Å². The third kappa shape index (κ3) is 6.56. The minimum absolute atomic E-state index is 0.00983. The Hall–Kier alpha value is -1.64. The Morgan fingerprint density at radius 1 is 1.14 bits per heavy atom. The number of carbonyl (C=O) groups excluding carboxylic acids is 1. The Balaban J connectivity index is 2.42. The van der Waals surface area contributed by atoms with Crippen LogP contribution in [0.25, 0.3) is 0 Å². The van der Waals surface area contributed by atoms with E-state index in [4.69, 9.17) is 0 Å². The SMILES string of the molecule is CCCCCCCC(=O)N/N=C(/C)c1ccc(C)cc1C. The molecule has 1 aromatic rings. The minimum atomic E-state index is 0.00983. The van der Waals surface area contributed by atoms with Crippen molar-refractivity contribution in [2.24, 2.45) is 5.10 Å². The maximum absolute atomic E-state index is 11.7. The van der Waals surface area contributed by atoms with E-state index in [1.807, 2.05) is 6.92 Å². The molecule has 0 heterocycles. The summed E-state index contributed by atoms with van der Waals surface area (Å²) in [6.07, 6.45) is 6.34. The Bertz CT molecular complexity index is 492. The van der Waals surface area contributed by atoms with Crippen LogP contribution < -0.4 is 5.43 Å². The molecule has 0 spiro atoms. The summed E-state index contributed by atoms with van der Waals surface area (Å²) in [5.74, 6) is 0.00983. The van der Waals surface area contributed by atoms with Gasteiger partial charge in [-0.25, -0.2) is 5.43 Å². The van der Waals surface area contributed by atoms with Crippen molar-refractivity contribution in [3.05, 3.63) is 34.9 Å². The third-order valence-electron chi connectivity index (χ3n) is 3.63. The van der Waals surface area contributed by atoms with Gasteiger partial charge in [-0.05, 0) is 32.8 Å². The molecule has 3 heteroatoms. The number of hydrogen-bond donors (Lipinski definition) is 1. The summed E-state index contributed by atoms with van der Waals surface area (Å²) in [7, 11) is 0. The van der Waals surface area contributed by atoms with E-state index in [1.165, 1.54) is 30.4 Å². The summed E-state index contributed by atoms with van der Waals surface area (Å²) in [5, 5.41) is 4.22. The van der Waals surface area contributed by atoms with Crippen molar-refractivity contribution < 1.29 is 4.79 Å². The third-order valence-corrected chi connectivity index (χ3v) is 3.63. The number of unbranched alkanes of at least 4 members (excludes halogenated alkanes) is 4. The molecule has 116 valence electrons. The van der Waals surface area contributed by atoms with Crippen LogP contribution in [-0.4, -0.2) is 11.6 Å². The molecule has 0 aromatic heterocycles. The maximum atomic E-state index is 11.7. The highest BCUT2D eigenvalue weighted by Gasteiger charge is 2.04. The molecular formula is C18H28N2O. The molecule has 3 nitrogen and oxygen atoms in total. The van der Waals surface area contributed by atoms with Gasteiger partial charge in [0, 0.05) is 12.0 Å². The van der Waals surface area contributed by atoms with Crippen LogP contribution in [0, 0.1) is 13.8 Å². The van der Waals surface area contributed by atoms with Crippen LogP contribution in [-0.2, 0) is 4.79 Å². The second-order valence-corrected chi connectivity index (χ2v) is 5.71. The highest BCUT2D eigenvalue weighted by Crippen LogP contribution is 2.11. The molecule has 0 radical (unpaired) electrons. The average molecular weight is 288 g/mol. The van der Waals surface area contributed by atoms with E-state index in [1.54, 1.807) is 0 Å². The fraction of sp³-hybridized carbons (Fsp3) is 0.556. The van der Waals surface area contributed by atoms with E-state index in [-0.39, 0.29) is 5.91 Å². The summed E-state index contributed by atoms with van der Waals surface area (Å²) in [4.78, 5) is 11.7. The highest BCUT2D eigenvalue weighted by molar-refractivity contribution is 6.00. The molecule has 0 saturated carbocycles. The van der Waals surface area contributed by atoms with Crippen molar-refractivity contribution in [1.82, 2.24) is 5.43 Å². The summed E-state index contributed by atoms with van der Waals surface area (Å²) in [6, 6.07) is 6.25. The first-order valence-corrected chi connectivity index (χ1v) is 7.95. The lowest BCUT2D eigenvalue weighted by atomic mass is 10.0. The fourth-order valence-corrected chi connectivity index (χ4v) is 2.37. The van der Waals surface area contributed by atoms with Gasteiger partial charge in [-0.2, -0.15) is 5.10 Å². The molecule has 0 aliphatic rings. The van der Waals surface area contributed by atoms with Crippen LogP contribution in [0.15, 0.2) is 23.3 Å². The zero-order chi connectivity index (χ0) is 15.7. The van der Waals surface area contributed by atoms with Crippen molar-refractivity contribution in [1.29, 1.82) is 0 Å². The van der Waals surface area contributed by atoms with E-state index in [0.29, 0.717) is 6.42 Å². The predicted molar refractivity (Wildman–Crippen MR) is 89.6 cm³/mol. The molecule has 0 saturated heterocycles. The van der Waals surface area contributed by atoms with E-state index in [2.05, 4.69) is 49.5 Å². The number of hydrazone groups is 1. The highest BCUT2D eigenvalue weighted by atomic mass is 16.2. The predicted octanol–water partition coefficient (Wildman–Crippen LogP) is 4.50. The molecule has 21 heavy (non-hydrogen) atoms. The number of rotatable bonds is 8. The van der Waals surface area contributed by atoms with Gasteiger partial charge >= 0.3 is 0 Å². The van der Waals surface area contributed by atoms with Gasteiger partial charge < -0.3 is 0 Å². The number of hydrogen-bond acceptors (Lipinski definition) is 2. The van der Waals surface area contributed by atoms with Gasteiger partial charge in [0.15, 0.2) is 0 Å². The van der Waals surface area contributed by atoms with Crippen molar-refractivity contribution in [3.63, 3.8) is 0 Å². The van der Waals surface area contributed by atoms with E-state index >= 15 is 0 Å². The van der Waals surface area contributed by atoms with Crippen molar-refractivity contribution in [2.75, 3.05) is 0 Å². The number of amides is 1. The number of nitrogens with one attached hydrogen (secondary N) is 1. The van der Waals surface area contributed by atoms with E-state index in [9.17, 15) is 4.79 Å². The average Bonchev–Trinajstić information content (AvgIpc) is 2.44. The fourth-order valence-electron chi connectivity index (χ4n) is 2.37. The van der Waals surface area contributed by atoms with Gasteiger partial charge in [-0.15, -0.1) is 0 Å².